The van der Waals surface area contributed by atoms with Crippen LogP contribution in [-0.2, 0) is 24.7 Å². The van der Waals surface area contributed by atoms with Gasteiger partial charge in [0.1, 0.15) is 6.10 Å². The van der Waals surface area contributed by atoms with E-state index >= 15 is 0 Å². The van der Waals surface area contributed by atoms with Gasteiger partial charge in [0.15, 0.2) is 5.82 Å². The molecule has 2 aromatic carbocycles. The van der Waals surface area contributed by atoms with E-state index in [1.807, 2.05) is 6.07 Å². The number of benzene rings is 2. The summed E-state index contributed by atoms with van der Waals surface area (Å²) in [6.45, 7) is 6.33. The normalized spacial score (nSPS) is 16.0. The number of aliphatic hydroxyl groups is 1. The van der Waals surface area contributed by atoms with Gasteiger partial charge in [-0.25, -0.2) is 9.97 Å². The Balaban J connectivity index is 1.38. The SMILES string of the molecule is CC(O)c1nccc(CCc2ccc(C(C)(C)c3ccc(CC4CCCCC4)cc3)cc2)n1. The Labute approximate surface area is 199 Å². The molecule has 0 bridgehead atoms. The van der Waals surface area contributed by atoms with Crippen LogP contribution in [0.3, 0.4) is 0 Å². The zero-order chi connectivity index (χ0) is 23.3. The highest BCUT2D eigenvalue weighted by molar-refractivity contribution is 5.40. The molecule has 1 unspecified atom stereocenters. The third-order valence-corrected chi connectivity index (χ3v) is 7.38. The lowest BCUT2D eigenvalue weighted by Gasteiger charge is -2.27. The first-order valence-electron chi connectivity index (χ1n) is 12.6. The van der Waals surface area contributed by atoms with Gasteiger partial charge >= 0.3 is 0 Å². The first kappa shape index (κ1) is 23.6. The fraction of sp³-hybridized carbons (Fsp3) is 0.467. The van der Waals surface area contributed by atoms with Crippen molar-refractivity contribution in [2.24, 2.45) is 5.92 Å². The molecule has 1 aliphatic rings. The second-order valence-electron chi connectivity index (χ2n) is 10.3. The minimum absolute atomic E-state index is 0.0271. The maximum absolute atomic E-state index is 9.70. The Kier molecular flexibility index (Phi) is 7.60. The van der Waals surface area contributed by atoms with E-state index in [0.29, 0.717) is 5.82 Å². The molecule has 3 nitrogen and oxygen atoms in total. The zero-order valence-corrected chi connectivity index (χ0v) is 20.4. The summed E-state index contributed by atoms with van der Waals surface area (Å²) in [7, 11) is 0. The summed E-state index contributed by atoms with van der Waals surface area (Å²) in [5, 5.41) is 9.70. The quantitative estimate of drug-likeness (QED) is 0.419. The predicted octanol–water partition coefficient (Wildman–Crippen LogP) is 6.76. The molecule has 4 rings (SSSR count). The third-order valence-electron chi connectivity index (χ3n) is 7.38. The van der Waals surface area contributed by atoms with Gasteiger partial charge < -0.3 is 5.11 Å². The van der Waals surface area contributed by atoms with Crippen LogP contribution in [0, 0.1) is 5.92 Å². The average molecular weight is 443 g/mol. The Bertz CT molecular complexity index is 1020. The fourth-order valence-corrected chi connectivity index (χ4v) is 5.06. The van der Waals surface area contributed by atoms with Crippen LogP contribution in [0.15, 0.2) is 60.8 Å². The van der Waals surface area contributed by atoms with Gasteiger partial charge in [-0.05, 0) is 60.4 Å². The lowest BCUT2D eigenvalue weighted by molar-refractivity contribution is 0.188. The third kappa shape index (κ3) is 6.09. The summed E-state index contributed by atoms with van der Waals surface area (Å²) in [5.74, 6) is 1.38. The molecular weight excluding hydrogens is 404 g/mol. The van der Waals surface area contributed by atoms with E-state index in [0.717, 1.165) is 24.5 Å². The molecule has 1 atom stereocenters. The van der Waals surface area contributed by atoms with Crippen molar-refractivity contribution in [3.05, 3.63) is 94.6 Å². The molecule has 1 saturated carbocycles. The number of hydrogen-bond donors (Lipinski definition) is 1. The monoisotopic (exact) mass is 442 g/mol. The molecule has 0 saturated heterocycles. The number of nitrogens with zero attached hydrogens (tertiary/aromatic N) is 2. The number of aromatic nitrogens is 2. The predicted molar refractivity (Wildman–Crippen MR) is 135 cm³/mol. The number of aliphatic hydroxyl groups excluding tert-OH is 1. The molecule has 0 spiro atoms. The minimum atomic E-state index is -0.632. The van der Waals surface area contributed by atoms with Crippen LogP contribution in [-0.4, -0.2) is 15.1 Å². The molecule has 3 aromatic rings. The smallest absolute Gasteiger partial charge is 0.156 e. The first-order valence-corrected chi connectivity index (χ1v) is 12.6. The van der Waals surface area contributed by atoms with Gasteiger partial charge in [0.25, 0.3) is 0 Å². The van der Waals surface area contributed by atoms with Crippen molar-refractivity contribution in [2.45, 2.75) is 83.7 Å². The second kappa shape index (κ2) is 10.6. The molecule has 1 N–H and O–H groups in total. The maximum atomic E-state index is 9.70. The maximum Gasteiger partial charge on any atom is 0.156 e. The van der Waals surface area contributed by atoms with E-state index in [4.69, 9.17) is 0 Å². The van der Waals surface area contributed by atoms with Gasteiger partial charge in [-0.15, -0.1) is 0 Å². The van der Waals surface area contributed by atoms with E-state index in [1.165, 1.54) is 60.8 Å². The molecule has 1 heterocycles. The lowest BCUT2D eigenvalue weighted by atomic mass is 9.77. The largest absolute Gasteiger partial charge is 0.385 e. The summed E-state index contributed by atoms with van der Waals surface area (Å²) in [6.07, 6.45) is 11.1. The molecule has 1 fully saturated rings. The van der Waals surface area contributed by atoms with Crippen LogP contribution in [0.25, 0.3) is 0 Å². The standard InChI is InChI=1S/C30H38N2O/c1-22(33)29-31-20-19-28(32-29)18-13-23-9-14-26(15-10-23)30(2,3)27-16-11-25(12-17-27)21-24-7-5-4-6-8-24/h9-12,14-17,19-20,22,24,33H,4-8,13,18,21H2,1-3H3. The Morgan fingerprint density at radius 3 is 2.06 bits per heavy atom. The van der Waals surface area contributed by atoms with Gasteiger partial charge in [0, 0.05) is 17.3 Å². The lowest BCUT2D eigenvalue weighted by Crippen LogP contribution is -2.19. The molecule has 0 radical (unpaired) electrons. The number of rotatable bonds is 8. The van der Waals surface area contributed by atoms with E-state index in [2.05, 4.69) is 72.3 Å². The molecule has 33 heavy (non-hydrogen) atoms. The zero-order valence-electron chi connectivity index (χ0n) is 20.4. The van der Waals surface area contributed by atoms with Crippen molar-refractivity contribution < 1.29 is 5.11 Å². The van der Waals surface area contributed by atoms with E-state index in [-0.39, 0.29) is 5.41 Å². The van der Waals surface area contributed by atoms with E-state index in [1.54, 1.807) is 13.1 Å². The van der Waals surface area contributed by atoms with Crippen molar-refractivity contribution in [1.82, 2.24) is 9.97 Å². The van der Waals surface area contributed by atoms with Crippen molar-refractivity contribution in [2.75, 3.05) is 0 Å². The van der Waals surface area contributed by atoms with Crippen LogP contribution in [0.1, 0.15) is 92.8 Å². The molecule has 0 aliphatic heterocycles. The summed E-state index contributed by atoms with van der Waals surface area (Å²) < 4.78 is 0. The van der Waals surface area contributed by atoms with Crippen molar-refractivity contribution in [1.29, 1.82) is 0 Å². The second-order valence-corrected chi connectivity index (χ2v) is 10.3. The first-order chi connectivity index (χ1) is 15.9. The van der Waals surface area contributed by atoms with Gasteiger partial charge in [0.05, 0.1) is 0 Å². The van der Waals surface area contributed by atoms with Gasteiger partial charge in [-0.1, -0.05) is 94.5 Å². The van der Waals surface area contributed by atoms with Crippen LogP contribution in [0.2, 0.25) is 0 Å². The molecule has 1 aromatic heterocycles. The highest BCUT2D eigenvalue weighted by Crippen LogP contribution is 2.33. The van der Waals surface area contributed by atoms with Gasteiger partial charge in [-0.3, -0.25) is 0 Å². The Hall–Kier alpha value is -2.52. The average Bonchev–Trinajstić information content (AvgIpc) is 2.84. The van der Waals surface area contributed by atoms with Crippen LogP contribution >= 0.6 is 0 Å². The Morgan fingerprint density at radius 2 is 1.45 bits per heavy atom. The minimum Gasteiger partial charge on any atom is -0.385 e. The summed E-state index contributed by atoms with van der Waals surface area (Å²) >= 11 is 0. The molecule has 0 amide bonds. The molecule has 1 aliphatic carbocycles. The molecule has 174 valence electrons. The van der Waals surface area contributed by atoms with E-state index < -0.39 is 6.10 Å². The van der Waals surface area contributed by atoms with E-state index in [9.17, 15) is 5.11 Å². The highest BCUT2D eigenvalue weighted by Gasteiger charge is 2.23. The summed E-state index contributed by atoms with van der Waals surface area (Å²) in [6, 6.07) is 20.3. The highest BCUT2D eigenvalue weighted by atomic mass is 16.3. The van der Waals surface area contributed by atoms with Crippen LogP contribution in [0.4, 0.5) is 0 Å². The number of aryl methyl sites for hydroxylation is 2. The van der Waals surface area contributed by atoms with Crippen LogP contribution in [0.5, 0.6) is 0 Å². The molecule has 3 heteroatoms. The Morgan fingerprint density at radius 1 is 0.848 bits per heavy atom. The summed E-state index contributed by atoms with van der Waals surface area (Å²) in [5.41, 5.74) is 6.44. The topological polar surface area (TPSA) is 46.0 Å². The summed E-state index contributed by atoms with van der Waals surface area (Å²) in [4.78, 5) is 8.60. The van der Waals surface area contributed by atoms with Crippen molar-refractivity contribution in [3.8, 4) is 0 Å². The van der Waals surface area contributed by atoms with Crippen molar-refractivity contribution >= 4 is 0 Å². The van der Waals surface area contributed by atoms with Gasteiger partial charge in [-0.2, -0.15) is 0 Å². The van der Waals surface area contributed by atoms with Gasteiger partial charge in [0.2, 0.25) is 0 Å². The fourth-order valence-electron chi connectivity index (χ4n) is 5.06. The number of hydrogen-bond acceptors (Lipinski definition) is 3. The van der Waals surface area contributed by atoms with Crippen LogP contribution < -0.4 is 0 Å². The van der Waals surface area contributed by atoms with Crippen molar-refractivity contribution in [3.63, 3.8) is 0 Å². The molecular formula is C30H38N2O.